The maximum atomic E-state index is 13.3. The first-order valence-corrected chi connectivity index (χ1v) is 9.23. The van der Waals surface area contributed by atoms with Crippen molar-refractivity contribution in [3.05, 3.63) is 102 Å². The number of hydrogen-bond donors (Lipinski definition) is 1. The highest BCUT2D eigenvalue weighted by atomic mass is 16.1. The van der Waals surface area contributed by atoms with Crippen molar-refractivity contribution in [2.45, 2.75) is 6.92 Å². The molecule has 1 amide bonds. The number of nitrogens with zero attached hydrogens (tertiary/aromatic N) is 2. The average molecular weight is 381 g/mol. The van der Waals surface area contributed by atoms with Crippen molar-refractivity contribution in [3.63, 3.8) is 0 Å². The largest absolute Gasteiger partial charge is 0.326 e. The monoisotopic (exact) mass is 381 g/mol. The molecule has 0 saturated carbocycles. The molecule has 0 bridgehead atoms. The van der Waals surface area contributed by atoms with Crippen molar-refractivity contribution in [1.29, 1.82) is 0 Å². The number of anilines is 1. The van der Waals surface area contributed by atoms with Gasteiger partial charge in [0.25, 0.3) is 5.56 Å². The van der Waals surface area contributed by atoms with Gasteiger partial charge in [-0.05, 0) is 48.0 Å². The Morgan fingerprint density at radius 3 is 2.28 bits per heavy atom. The van der Waals surface area contributed by atoms with Crippen molar-refractivity contribution in [1.82, 2.24) is 9.55 Å². The van der Waals surface area contributed by atoms with Gasteiger partial charge in [-0.25, -0.2) is 0 Å². The van der Waals surface area contributed by atoms with Crippen LogP contribution in [0.5, 0.6) is 0 Å². The highest BCUT2D eigenvalue weighted by molar-refractivity contribution is 5.89. The van der Waals surface area contributed by atoms with Crippen LogP contribution in [-0.2, 0) is 4.79 Å². The summed E-state index contributed by atoms with van der Waals surface area (Å²) in [6.45, 7) is 1.46. The van der Waals surface area contributed by atoms with E-state index < -0.39 is 0 Å². The third-order valence-corrected chi connectivity index (χ3v) is 4.53. The molecule has 4 aromatic rings. The SMILES string of the molecule is CC(=O)Nc1ccc(-c2cc(-c3ccccn3)cn(-c3ccccc3)c2=O)cc1. The maximum Gasteiger partial charge on any atom is 0.262 e. The molecule has 0 fully saturated rings. The van der Waals surface area contributed by atoms with E-state index in [-0.39, 0.29) is 11.5 Å². The summed E-state index contributed by atoms with van der Waals surface area (Å²) in [6, 6.07) is 24.3. The zero-order valence-electron chi connectivity index (χ0n) is 15.9. The second-order valence-electron chi connectivity index (χ2n) is 6.63. The van der Waals surface area contributed by atoms with E-state index in [0.29, 0.717) is 11.3 Å². The lowest BCUT2D eigenvalue weighted by Gasteiger charge is -2.12. The van der Waals surface area contributed by atoms with Gasteiger partial charge in [-0.1, -0.05) is 36.4 Å². The molecule has 29 heavy (non-hydrogen) atoms. The zero-order chi connectivity index (χ0) is 20.2. The number of para-hydroxylation sites is 1. The fourth-order valence-corrected chi connectivity index (χ4v) is 3.18. The van der Waals surface area contributed by atoms with Crippen LogP contribution in [0, 0.1) is 0 Å². The molecule has 0 aliphatic heterocycles. The Kier molecular flexibility index (Phi) is 5.03. The number of carbonyl (C=O) groups is 1. The topological polar surface area (TPSA) is 64.0 Å². The lowest BCUT2D eigenvalue weighted by molar-refractivity contribution is -0.114. The van der Waals surface area contributed by atoms with Crippen LogP contribution in [-0.4, -0.2) is 15.5 Å². The van der Waals surface area contributed by atoms with Gasteiger partial charge in [-0.2, -0.15) is 0 Å². The first-order valence-electron chi connectivity index (χ1n) is 9.23. The van der Waals surface area contributed by atoms with Gasteiger partial charge in [-0.3, -0.25) is 19.1 Å². The number of carbonyl (C=O) groups excluding carboxylic acids is 1. The van der Waals surface area contributed by atoms with Gasteiger partial charge in [0.15, 0.2) is 0 Å². The normalized spacial score (nSPS) is 10.5. The third-order valence-electron chi connectivity index (χ3n) is 4.53. The molecule has 1 N–H and O–H groups in total. The van der Waals surface area contributed by atoms with Crippen LogP contribution in [0.2, 0.25) is 0 Å². The fraction of sp³-hybridized carbons (Fsp3) is 0.0417. The van der Waals surface area contributed by atoms with Crippen molar-refractivity contribution in [2.75, 3.05) is 5.32 Å². The van der Waals surface area contributed by atoms with Crippen LogP contribution in [0.4, 0.5) is 5.69 Å². The van der Waals surface area contributed by atoms with E-state index in [9.17, 15) is 9.59 Å². The fourth-order valence-electron chi connectivity index (χ4n) is 3.18. The minimum atomic E-state index is -0.138. The van der Waals surface area contributed by atoms with Gasteiger partial charge < -0.3 is 5.32 Å². The molecule has 2 aromatic carbocycles. The maximum absolute atomic E-state index is 13.3. The van der Waals surface area contributed by atoms with Gasteiger partial charge >= 0.3 is 0 Å². The number of aromatic nitrogens is 2. The zero-order valence-corrected chi connectivity index (χ0v) is 15.9. The number of rotatable bonds is 4. The van der Waals surface area contributed by atoms with E-state index in [1.807, 2.05) is 72.9 Å². The van der Waals surface area contributed by atoms with E-state index in [1.54, 1.807) is 22.9 Å². The number of pyridine rings is 2. The predicted octanol–water partition coefficient (Wildman–Crippen LogP) is 4.52. The standard InChI is InChI=1S/C24H19N3O2/c1-17(28)26-20-12-10-18(11-13-20)22-15-19(23-9-5-6-14-25-23)16-27(24(22)29)21-7-3-2-4-8-21/h2-16H,1H3,(H,26,28). The number of amides is 1. The quantitative estimate of drug-likeness (QED) is 0.565. The molecule has 4 rings (SSSR count). The summed E-state index contributed by atoms with van der Waals surface area (Å²) in [6.07, 6.45) is 3.55. The first-order chi connectivity index (χ1) is 14.1. The first kappa shape index (κ1) is 18.4. The Bertz CT molecular complexity index is 1200. The average Bonchev–Trinajstić information content (AvgIpc) is 2.75. The van der Waals surface area contributed by atoms with Crippen LogP contribution in [0.25, 0.3) is 28.1 Å². The van der Waals surface area contributed by atoms with E-state index in [2.05, 4.69) is 10.3 Å². The van der Waals surface area contributed by atoms with E-state index in [0.717, 1.165) is 22.5 Å². The molecule has 0 aliphatic carbocycles. The van der Waals surface area contributed by atoms with Crippen LogP contribution < -0.4 is 10.9 Å². The Labute approximate surface area is 168 Å². The molecule has 0 radical (unpaired) electrons. The number of benzene rings is 2. The molecule has 0 atom stereocenters. The van der Waals surface area contributed by atoms with E-state index in [4.69, 9.17) is 0 Å². The summed E-state index contributed by atoms with van der Waals surface area (Å²) >= 11 is 0. The van der Waals surface area contributed by atoms with Crippen LogP contribution in [0.15, 0.2) is 96.1 Å². The minimum absolute atomic E-state index is 0.122. The van der Waals surface area contributed by atoms with E-state index >= 15 is 0 Å². The van der Waals surface area contributed by atoms with Gasteiger partial charge in [-0.15, -0.1) is 0 Å². The van der Waals surface area contributed by atoms with Gasteiger partial charge in [0, 0.05) is 41.8 Å². The van der Waals surface area contributed by atoms with Crippen molar-refractivity contribution in [2.24, 2.45) is 0 Å². The number of hydrogen-bond acceptors (Lipinski definition) is 3. The molecule has 5 nitrogen and oxygen atoms in total. The molecular weight excluding hydrogens is 362 g/mol. The summed E-state index contributed by atoms with van der Waals surface area (Å²) < 4.78 is 1.64. The Morgan fingerprint density at radius 2 is 1.62 bits per heavy atom. The summed E-state index contributed by atoms with van der Waals surface area (Å²) in [5.41, 5.74) is 4.31. The van der Waals surface area contributed by atoms with Crippen LogP contribution in [0.3, 0.4) is 0 Å². The second kappa shape index (κ2) is 7.94. The van der Waals surface area contributed by atoms with Crippen molar-refractivity contribution < 1.29 is 4.79 Å². The Hall–Kier alpha value is -3.99. The second-order valence-corrected chi connectivity index (χ2v) is 6.63. The molecule has 142 valence electrons. The molecule has 0 spiro atoms. The Balaban J connectivity index is 1.89. The number of nitrogens with one attached hydrogen (secondary N) is 1. The molecule has 0 unspecified atom stereocenters. The molecule has 2 heterocycles. The van der Waals surface area contributed by atoms with Crippen LogP contribution in [0.1, 0.15) is 6.92 Å². The molecule has 2 aromatic heterocycles. The van der Waals surface area contributed by atoms with Crippen molar-refractivity contribution >= 4 is 11.6 Å². The minimum Gasteiger partial charge on any atom is -0.326 e. The van der Waals surface area contributed by atoms with Crippen molar-refractivity contribution in [3.8, 4) is 28.1 Å². The summed E-state index contributed by atoms with van der Waals surface area (Å²) in [5, 5.41) is 2.74. The summed E-state index contributed by atoms with van der Waals surface area (Å²) in [7, 11) is 0. The lowest BCUT2D eigenvalue weighted by Crippen LogP contribution is -2.20. The molecule has 0 saturated heterocycles. The predicted molar refractivity (Wildman–Crippen MR) is 115 cm³/mol. The summed E-state index contributed by atoms with van der Waals surface area (Å²) in [4.78, 5) is 29.0. The highest BCUT2D eigenvalue weighted by Gasteiger charge is 2.12. The lowest BCUT2D eigenvalue weighted by atomic mass is 10.0. The van der Waals surface area contributed by atoms with Crippen LogP contribution >= 0.6 is 0 Å². The van der Waals surface area contributed by atoms with Gasteiger partial charge in [0.1, 0.15) is 0 Å². The van der Waals surface area contributed by atoms with Gasteiger partial charge in [0.2, 0.25) is 5.91 Å². The Morgan fingerprint density at radius 1 is 0.897 bits per heavy atom. The molecule has 5 heteroatoms. The van der Waals surface area contributed by atoms with E-state index in [1.165, 1.54) is 6.92 Å². The molecule has 0 aliphatic rings. The molecular formula is C24H19N3O2. The summed E-state index contributed by atoms with van der Waals surface area (Å²) in [5.74, 6) is -0.138. The smallest absolute Gasteiger partial charge is 0.262 e. The highest BCUT2D eigenvalue weighted by Crippen LogP contribution is 2.25. The van der Waals surface area contributed by atoms with Gasteiger partial charge in [0.05, 0.1) is 5.69 Å². The third kappa shape index (κ3) is 3.99.